The Labute approximate surface area is 119 Å². The average Bonchev–Trinajstić information content (AvgIpc) is 2.72. The topological polar surface area (TPSA) is 53.7 Å². The van der Waals surface area contributed by atoms with E-state index in [0.29, 0.717) is 17.9 Å². The number of aliphatic hydroxyl groups is 1. The summed E-state index contributed by atoms with van der Waals surface area (Å²) in [5.74, 6) is 0.181. The molecule has 1 heterocycles. The van der Waals surface area contributed by atoms with Crippen molar-refractivity contribution in [2.75, 3.05) is 13.1 Å². The van der Waals surface area contributed by atoms with Gasteiger partial charge in [0, 0.05) is 24.0 Å². The highest BCUT2D eigenvalue weighted by molar-refractivity contribution is 5.98. The van der Waals surface area contributed by atoms with Gasteiger partial charge in [0.05, 0.1) is 5.60 Å². The van der Waals surface area contributed by atoms with E-state index in [1.54, 1.807) is 18.7 Å². The second kappa shape index (κ2) is 5.29. The molecule has 2 rings (SSSR count). The first-order valence-corrected chi connectivity index (χ1v) is 6.83. The molecule has 4 heteroatoms. The van der Waals surface area contributed by atoms with Crippen LogP contribution < -0.4 is 0 Å². The lowest BCUT2D eigenvalue weighted by molar-refractivity contribution is 0.0299. The number of amides is 1. The maximum Gasteiger partial charge on any atom is 0.289 e. The zero-order valence-corrected chi connectivity index (χ0v) is 12.4. The molecule has 4 nitrogen and oxygen atoms in total. The molecule has 0 saturated heterocycles. The van der Waals surface area contributed by atoms with Gasteiger partial charge in [0.15, 0.2) is 5.76 Å². The molecule has 1 aromatic carbocycles. The van der Waals surface area contributed by atoms with E-state index in [1.807, 2.05) is 38.1 Å². The quantitative estimate of drug-likeness (QED) is 0.933. The fraction of sp³-hybridized carbons (Fsp3) is 0.438. The fourth-order valence-corrected chi connectivity index (χ4v) is 2.32. The number of likely N-dealkylation sites (N-methyl/N-ethyl adjacent to an activating group) is 1. The van der Waals surface area contributed by atoms with Gasteiger partial charge in [-0.2, -0.15) is 0 Å². The first-order valence-electron chi connectivity index (χ1n) is 6.83. The van der Waals surface area contributed by atoms with Crippen LogP contribution in [-0.4, -0.2) is 34.6 Å². The molecule has 0 fully saturated rings. The molecule has 20 heavy (non-hydrogen) atoms. The van der Waals surface area contributed by atoms with Gasteiger partial charge < -0.3 is 14.4 Å². The zero-order chi connectivity index (χ0) is 14.9. The number of aryl methyl sites for hydroxylation is 1. The minimum Gasteiger partial charge on any atom is -0.451 e. The number of hydrogen-bond donors (Lipinski definition) is 1. The third-order valence-corrected chi connectivity index (χ3v) is 3.28. The number of carbonyl (C=O) groups excluding carboxylic acids is 1. The van der Waals surface area contributed by atoms with Gasteiger partial charge in [-0.25, -0.2) is 0 Å². The second-order valence-electron chi connectivity index (χ2n) is 5.68. The summed E-state index contributed by atoms with van der Waals surface area (Å²) in [5.41, 5.74) is 0.637. The summed E-state index contributed by atoms with van der Waals surface area (Å²) in [6.45, 7) is 7.96. The molecule has 0 bridgehead atoms. The molecule has 0 aliphatic heterocycles. The third-order valence-electron chi connectivity index (χ3n) is 3.28. The van der Waals surface area contributed by atoms with E-state index in [9.17, 15) is 9.90 Å². The van der Waals surface area contributed by atoms with Crippen molar-refractivity contribution in [1.82, 2.24) is 4.90 Å². The number of para-hydroxylation sites is 1. The molecule has 0 atom stereocenters. The summed E-state index contributed by atoms with van der Waals surface area (Å²) in [7, 11) is 0. The molecule has 0 saturated carbocycles. The molecule has 0 radical (unpaired) electrons. The van der Waals surface area contributed by atoms with Crippen molar-refractivity contribution in [3.63, 3.8) is 0 Å². The van der Waals surface area contributed by atoms with E-state index in [1.165, 1.54) is 0 Å². The SMILES string of the molecule is CCN(CC(C)(C)O)C(=O)c1oc2ccccc2c1C. The number of nitrogens with zero attached hydrogens (tertiary/aromatic N) is 1. The fourth-order valence-electron chi connectivity index (χ4n) is 2.32. The van der Waals surface area contributed by atoms with Crippen molar-refractivity contribution in [2.45, 2.75) is 33.3 Å². The molecule has 0 aliphatic rings. The number of furan rings is 1. The summed E-state index contributed by atoms with van der Waals surface area (Å²) >= 11 is 0. The molecule has 1 amide bonds. The lowest BCUT2D eigenvalue weighted by atomic mass is 10.1. The Balaban J connectivity index is 2.37. The standard InChI is InChI=1S/C16H21NO3/c1-5-17(10-16(3,4)19)15(18)14-11(2)12-8-6-7-9-13(12)20-14/h6-9,19H,5,10H2,1-4H3. The smallest absolute Gasteiger partial charge is 0.289 e. The number of carbonyl (C=O) groups is 1. The molecule has 0 spiro atoms. The Kier molecular flexibility index (Phi) is 3.86. The van der Waals surface area contributed by atoms with Crippen LogP contribution >= 0.6 is 0 Å². The lowest BCUT2D eigenvalue weighted by Gasteiger charge is -2.27. The second-order valence-corrected chi connectivity index (χ2v) is 5.68. The predicted molar refractivity (Wildman–Crippen MR) is 78.8 cm³/mol. The lowest BCUT2D eigenvalue weighted by Crippen LogP contribution is -2.42. The maximum atomic E-state index is 12.6. The summed E-state index contributed by atoms with van der Waals surface area (Å²) in [4.78, 5) is 14.2. The van der Waals surface area contributed by atoms with Crippen LogP contribution in [0.4, 0.5) is 0 Å². The number of hydrogen-bond acceptors (Lipinski definition) is 3. The first-order chi connectivity index (χ1) is 9.33. The van der Waals surface area contributed by atoms with Gasteiger partial charge in [0.25, 0.3) is 5.91 Å². The van der Waals surface area contributed by atoms with Crippen LogP contribution in [0, 0.1) is 6.92 Å². The summed E-state index contributed by atoms with van der Waals surface area (Å²) in [6.07, 6.45) is 0. The van der Waals surface area contributed by atoms with Crippen LogP contribution in [0.25, 0.3) is 11.0 Å². The Bertz CT molecular complexity index is 622. The van der Waals surface area contributed by atoms with Crippen LogP contribution in [0.1, 0.15) is 36.9 Å². The monoisotopic (exact) mass is 275 g/mol. The van der Waals surface area contributed by atoms with Gasteiger partial charge in [-0.05, 0) is 33.8 Å². The Morgan fingerprint density at radius 3 is 2.55 bits per heavy atom. The summed E-state index contributed by atoms with van der Waals surface area (Å²) < 4.78 is 5.69. The van der Waals surface area contributed by atoms with E-state index in [0.717, 1.165) is 10.9 Å². The Morgan fingerprint density at radius 1 is 1.35 bits per heavy atom. The highest BCUT2D eigenvalue weighted by atomic mass is 16.3. The van der Waals surface area contributed by atoms with Crippen molar-refractivity contribution in [3.05, 3.63) is 35.6 Å². The molecular weight excluding hydrogens is 254 g/mol. The van der Waals surface area contributed by atoms with Crippen LogP contribution in [0.2, 0.25) is 0 Å². The van der Waals surface area contributed by atoms with Crippen molar-refractivity contribution < 1.29 is 14.3 Å². The van der Waals surface area contributed by atoms with E-state index in [4.69, 9.17) is 4.42 Å². The van der Waals surface area contributed by atoms with E-state index in [-0.39, 0.29) is 12.5 Å². The van der Waals surface area contributed by atoms with E-state index < -0.39 is 5.60 Å². The predicted octanol–water partition coefficient (Wildman–Crippen LogP) is 2.97. The number of benzene rings is 1. The zero-order valence-electron chi connectivity index (χ0n) is 12.4. The summed E-state index contributed by atoms with van der Waals surface area (Å²) in [6, 6.07) is 7.60. The van der Waals surface area contributed by atoms with Crippen molar-refractivity contribution in [2.24, 2.45) is 0 Å². The number of fused-ring (bicyclic) bond motifs is 1. The molecule has 1 N–H and O–H groups in total. The highest BCUT2D eigenvalue weighted by Gasteiger charge is 2.26. The van der Waals surface area contributed by atoms with Crippen LogP contribution in [0.5, 0.6) is 0 Å². The molecule has 108 valence electrons. The third kappa shape index (κ3) is 2.85. The average molecular weight is 275 g/mol. The molecular formula is C16H21NO3. The van der Waals surface area contributed by atoms with E-state index >= 15 is 0 Å². The van der Waals surface area contributed by atoms with Crippen LogP contribution in [0.3, 0.4) is 0 Å². The van der Waals surface area contributed by atoms with Crippen LogP contribution in [-0.2, 0) is 0 Å². The first kappa shape index (κ1) is 14.6. The largest absolute Gasteiger partial charge is 0.451 e. The molecule has 1 aromatic heterocycles. The van der Waals surface area contributed by atoms with Crippen molar-refractivity contribution in [1.29, 1.82) is 0 Å². The maximum absolute atomic E-state index is 12.6. The van der Waals surface area contributed by atoms with Gasteiger partial charge in [0.2, 0.25) is 0 Å². The van der Waals surface area contributed by atoms with E-state index in [2.05, 4.69) is 0 Å². The molecule has 0 unspecified atom stereocenters. The van der Waals surface area contributed by atoms with Gasteiger partial charge in [-0.3, -0.25) is 4.79 Å². The van der Waals surface area contributed by atoms with Gasteiger partial charge >= 0.3 is 0 Å². The Hall–Kier alpha value is -1.81. The van der Waals surface area contributed by atoms with Gasteiger partial charge in [-0.1, -0.05) is 18.2 Å². The van der Waals surface area contributed by atoms with Crippen LogP contribution in [0.15, 0.2) is 28.7 Å². The molecule has 2 aromatic rings. The Morgan fingerprint density at radius 2 is 2.00 bits per heavy atom. The van der Waals surface area contributed by atoms with Gasteiger partial charge in [-0.15, -0.1) is 0 Å². The minimum atomic E-state index is -0.925. The van der Waals surface area contributed by atoms with Gasteiger partial charge in [0.1, 0.15) is 5.58 Å². The van der Waals surface area contributed by atoms with Crippen molar-refractivity contribution in [3.8, 4) is 0 Å². The van der Waals surface area contributed by atoms with Crippen molar-refractivity contribution >= 4 is 16.9 Å². The minimum absolute atomic E-state index is 0.177. The number of rotatable bonds is 4. The highest BCUT2D eigenvalue weighted by Crippen LogP contribution is 2.26. The molecule has 0 aliphatic carbocycles. The summed E-state index contributed by atoms with van der Waals surface area (Å²) in [5, 5.41) is 10.9. The normalized spacial score (nSPS) is 11.8.